The van der Waals surface area contributed by atoms with E-state index in [4.69, 9.17) is 0 Å². The minimum Gasteiger partial charge on any atom is -0.355 e. The van der Waals surface area contributed by atoms with Crippen LogP contribution in [0, 0.1) is 6.92 Å². The molecule has 5 heteroatoms. The number of aryl methyl sites for hydroxylation is 1. The van der Waals surface area contributed by atoms with Gasteiger partial charge in [-0.15, -0.1) is 0 Å². The molecule has 0 amide bonds. The number of hydrogen-bond donors (Lipinski definition) is 1. The standard InChI is InChI=1S/C17H20N2O2S/c1-13-6-8-15(9-7-13)18-17-5-3-4-14-12-19(22(2,20)21)11-10-16(14)17/h3-9,18H,10-12H2,1-2H3. The molecule has 0 saturated carbocycles. The van der Waals surface area contributed by atoms with Gasteiger partial charge in [-0.2, -0.15) is 4.31 Å². The van der Waals surface area contributed by atoms with Crippen molar-refractivity contribution in [2.75, 3.05) is 18.1 Å². The summed E-state index contributed by atoms with van der Waals surface area (Å²) < 4.78 is 25.0. The minimum atomic E-state index is -3.13. The number of sulfonamides is 1. The normalized spacial score (nSPS) is 15.4. The lowest BCUT2D eigenvalue weighted by Gasteiger charge is -2.28. The van der Waals surface area contributed by atoms with E-state index in [1.807, 2.05) is 12.1 Å². The zero-order valence-corrected chi connectivity index (χ0v) is 13.7. The third kappa shape index (κ3) is 3.15. The van der Waals surface area contributed by atoms with Crippen LogP contribution in [0.25, 0.3) is 0 Å². The predicted molar refractivity (Wildman–Crippen MR) is 89.9 cm³/mol. The number of anilines is 2. The molecule has 1 heterocycles. The lowest BCUT2D eigenvalue weighted by atomic mass is 9.99. The molecular formula is C17H20N2O2S. The fourth-order valence-corrected chi connectivity index (χ4v) is 3.57. The summed E-state index contributed by atoms with van der Waals surface area (Å²) in [5, 5.41) is 3.44. The van der Waals surface area contributed by atoms with Gasteiger partial charge in [0.05, 0.1) is 6.26 Å². The van der Waals surface area contributed by atoms with Gasteiger partial charge in [-0.25, -0.2) is 8.42 Å². The summed E-state index contributed by atoms with van der Waals surface area (Å²) in [4.78, 5) is 0. The van der Waals surface area contributed by atoms with Gasteiger partial charge in [-0.1, -0.05) is 29.8 Å². The highest BCUT2D eigenvalue weighted by Gasteiger charge is 2.24. The topological polar surface area (TPSA) is 49.4 Å². The van der Waals surface area contributed by atoms with Gasteiger partial charge in [0.1, 0.15) is 0 Å². The van der Waals surface area contributed by atoms with Gasteiger partial charge in [-0.3, -0.25) is 0 Å². The SMILES string of the molecule is Cc1ccc(Nc2cccc3c2CCN(S(C)(=O)=O)C3)cc1. The van der Waals surface area contributed by atoms with Crippen LogP contribution in [0.15, 0.2) is 42.5 Å². The Kier molecular flexibility index (Phi) is 3.93. The van der Waals surface area contributed by atoms with Gasteiger partial charge in [0.2, 0.25) is 10.0 Å². The van der Waals surface area contributed by atoms with E-state index in [2.05, 4.69) is 42.6 Å². The zero-order valence-electron chi connectivity index (χ0n) is 12.8. The first-order valence-electron chi connectivity index (χ1n) is 7.33. The quantitative estimate of drug-likeness (QED) is 0.947. The van der Waals surface area contributed by atoms with Crippen molar-refractivity contribution in [3.8, 4) is 0 Å². The average Bonchev–Trinajstić information content (AvgIpc) is 2.48. The Balaban J connectivity index is 1.88. The lowest BCUT2D eigenvalue weighted by Crippen LogP contribution is -2.35. The Morgan fingerprint density at radius 2 is 1.82 bits per heavy atom. The van der Waals surface area contributed by atoms with E-state index in [0.29, 0.717) is 13.1 Å². The van der Waals surface area contributed by atoms with E-state index in [-0.39, 0.29) is 0 Å². The van der Waals surface area contributed by atoms with E-state index in [1.165, 1.54) is 21.7 Å². The second-order valence-electron chi connectivity index (χ2n) is 5.78. The third-order valence-electron chi connectivity index (χ3n) is 4.03. The maximum Gasteiger partial charge on any atom is 0.211 e. The van der Waals surface area contributed by atoms with Crippen molar-refractivity contribution in [2.45, 2.75) is 19.9 Å². The van der Waals surface area contributed by atoms with Crippen LogP contribution in [0.2, 0.25) is 0 Å². The van der Waals surface area contributed by atoms with Crippen molar-refractivity contribution in [1.29, 1.82) is 0 Å². The van der Waals surface area contributed by atoms with Crippen LogP contribution < -0.4 is 5.32 Å². The van der Waals surface area contributed by atoms with Crippen LogP contribution in [0.3, 0.4) is 0 Å². The summed E-state index contributed by atoms with van der Waals surface area (Å²) in [5.74, 6) is 0. The molecule has 0 fully saturated rings. The lowest BCUT2D eigenvalue weighted by molar-refractivity contribution is 0.395. The number of nitrogens with one attached hydrogen (secondary N) is 1. The van der Waals surface area contributed by atoms with Crippen molar-refractivity contribution in [2.24, 2.45) is 0 Å². The molecule has 2 aromatic rings. The third-order valence-corrected chi connectivity index (χ3v) is 5.28. The highest BCUT2D eigenvalue weighted by molar-refractivity contribution is 7.88. The Bertz CT molecular complexity index is 783. The first-order chi connectivity index (χ1) is 10.4. The summed E-state index contributed by atoms with van der Waals surface area (Å²) in [6, 6.07) is 14.3. The second kappa shape index (κ2) is 5.74. The van der Waals surface area contributed by atoms with Crippen molar-refractivity contribution in [3.63, 3.8) is 0 Å². The molecule has 0 bridgehead atoms. The summed E-state index contributed by atoms with van der Waals surface area (Å²) in [7, 11) is -3.13. The molecule has 3 rings (SSSR count). The summed E-state index contributed by atoms with van der Waals surface area (Å²) in [6.45, 7) is 3.06. The molecule has 0 aliphatic carbocycles. The van der Waals surface area contributed by atoms with Crippen LogP contribution in [0.1, 0.15) is 16.7 Å². The van der Waals surface area contributed by atoms with E-state index >= 15 is 0 Å². The Labute approximate surface area is 131 Å². The van der Waals surface area contributed by atoms with Crippen molar-refractivity contribution in [3.05, 3.63) is 59.2 Å². The summed E-state index contributed by atoms with van der Waals surface area (Å²) in [6.07, 6.45) is 2.00. The molecule has 1 aliphatic rings. The molecule has 1 N–H and O–H groups in total. The summed E-state index contributed by atoms with van der Waals surface area (Å²) in [5.41, 5.74) is 5.63. The fourth-order valence-electron chi connectivity index (χ4n) is 2.78. The zero-order chi connectivity index (χ0) is 15.7. The van der Waals surface area contributed by atoms with E-state index in [0.717, 1.165) is 23.4 Å². The maximum atomic E-state index is 11.7. The van der Waals surface area contributed by atoms with Crippen LogP contribution >= 0.6 is 0 Å². The molecule has 0 saturated heterocycles. The Hall–Kier alpha value is -1.85. The molecule has 2 aromatic carbocycles. The van der Waals surface area contributed by atoms with Gasteiger partial charge < -0.3 is 5.32 Å². The highest BCUT2D eigenvalue weighted by atomic mass is 32.2. The maximum absolute atomic E-state index is 11.7. The van der Waals surface area contributed by atoms with E-state index < -0.39 is 10.0 Å². The molecule has 0 aromatic heterocycles. The molecule has 4 nitrogen and oxygen atoms in total. The Morgan fingerprint density at radius 1 is 1.09 bits per heavy atom. The molecule has 1 aliphatic heterocycles. The Morgan fingerprint density at radius 3 is 2.50 bits per heavy atom. The van der Waals surface area contributed by atoms with E-state index in [1.54, 1.807) is 0 Å². The number of hydrogen-bond acceptors (Lipinski definition) is 3. The fraction of sp³-hybridized carbons (Fsp3) is 0.294. The number of rotatable bonds is 3. The largest absolute Gasteiger partial charge is 0.355 e. The molecule has 0 radical (unpaired) electrons. The molecule has 0 spiro atoms. The van der Waals surface area contributed by atoms with E-state index in [9.17, 15) is 8.42 Å². The van der Waals surface area contributed by atoms with Gasteiger partial charge in [-0.05, 0) is 42.7 Å². The van der Waals surface area contributed by atoms with Crippen molar-refractivity contribution < 1.29 is 8.42 Å². The monoisotopic (exact) mass is 316 g/mol. The van der Waals surface area contributed by atoms with Gasteiger partial charge in [0.25, 0.3) is 0 Å². The van der Waals surface area contributed by atoms with Crippen LogP contribution in [-0.2, 0) is 23.0 Å². The van der Waals surface area contributed by atoms with Crippen LogP contribution in [-0.4, -0.2) is 25.5 Å². The molecular weight excluding hydrogens is 296 g/mol. The smallest absolute Gasteiger partial charge is 0.211 e. The second-order valence-corrected chi connectivity index (χ2v) is 7.76. The first kappa shape index (κ1) is 15.1. The minimum absolute atomic E-state index is 0.456. The van der Waals surface area contributed by atoms with Crippen molar-refractivity contribution in [1.82, 2.24) is 4.31 Å². The predicted octanol–water partition coefficient (Wildman–Crippen LogP) is 3.06. The van der Waals surface area contributed by atoms with Crippen LogP contribution in [0.4, 0.5) is 11.4 Å². The molecule has 22 heavy (non-hydrogen) atoms. The van der Waals surface area contributed by atoms with Crippen LogP contribution in [0.5, 0.6) is 0 Å². The average molecular weight is 316 g/mol. The van der Waals surface area contributed by atoms with Gasteiger partial charge in [0, 0.05) is 24.5 Å². The number of fused-ring (bicyclic) bond motifs is 1. The first-order valence-corrected chi connectivity index (χ1v) is 9.18. The van der Waals surface area contributed by atoms with Gasteiger partial charge >= 0.3 is 0 Å². The molecule has 0 unspecified atom stereocenters. The number of nitrogens with zero attached hydrogens (tertiary/aromatic N) is 1. The van der Waals surface area contributed by atoms with Gasteiger partial charge in [0.15, 0.2) is 0 Å². The molecule has 0 atom stereocenters. The van der Waals surface area contributed by atoms with Crippen molar-refractivity contribution >= 4 is 21.4 Å². The summed E-state index contributed by atoms with van der Waals surface area (Å²) >= 11 is 0. The number of benzene rings is 2. The molecule has 116 valence electrons. The highest BCUT2D eigenvalue weighted by Crippen LogP contribution is 2.29.